The Balaban J connectivity index is 3.02. The van der Waals surface area contributed by atoms with Crippen molar-refractivity contribution in [1.82, 2.24) is 5.32 Å². The van der Waals surface area contributed by atoms with Crippen LogP contribution in [0.1, 0.15) is 10.4 Å². The lowest BCUT2D eigenvalue weighted by molar-refractivity contribution is -0.386. The van der Waals surface area contributed by atoms with Crippen molar-refractivity contribution < 1.29 is 24.0 Å². The highest BCUT2D eigenvalue weighted by molar-refractivity contribution is 6.00. The number of methoxy groups -OCH3 is 2. The Kier molecular flexibility index (Phi) is 4.81. The molecule has 0 fully saturated rings. The lowest BCUT2D eigenvalue weighted by atomic mass is 10.1. The molecule has 8 heteroatoms. The molecule has 102 valence electrons. The third-order valence-electron chi connectivity index (χ3n) is 2.27. The lowest BCUT2D eigenvalue weighted by Crippen LogP contribution is -2.30. The van der Waals surface area contributed by atoms with Gasteiger partial charge < -0.3 is 14.8 Å². The second-order valence-electron chi connectivity index (χ2n) is 3.37. The zero-order chi connectivity index (χ0) is 14.4. The molecule has 0 aliphatic carbocycles. The van der Waals surface area contributed by atoms with Crippen LogP contribution in [0.15, 0.2) is 18.2 Å². The summed E-state index contributed by atoms with van der Waals surface area (Å²) < 4.78 is 9.18. The van der Waals surface area contributed by atoms with E-state index in [-0.39, 0.29) is 17.9 Å². The van der Waals surface area contributed by atoms with Crippen LogP contribution in [-0.2, 0) is 9.53 Å². The van der Waals surface area contributed by atoms with E-state index in [4.69, 9.17) is 4.74 Å². The molecule has 1 amide bonds. The SMILES string of the molecule is COC(=O)CNC(=O)c1cccc(OC)c1[N+](=O)[O-]. The molecule has 1 N–H and O–H groups in total. The fourth-order valence-corrected chi connectivity index (χ4v) is 1.38. The molecule has 0 saturated heterocycles. The first kappa shape index (κ1) is 14.4. The smallest absolute Gasteiger partial charge is 0.325 e. The average Bonchev–Trinajstić information content (AvgIpc) is 2.42. The number of benzene rings is 1. The molecule has 0 aliphatic heterocycles. The molecule has 0 radical (unpaired) electrons. The number of nitro groups is 1. The summed E-state index contributed by atoms with van der Waals surface area (Å²) in [7, 11) is 2.43. The second kappa shape index (κ2) is 6.34. The predicted molar refractivity (Wildman–Crippen MR) is 64.0 cm³/mol. The molecule has 0 saturated carbocycles. The molecular formula is C11H12N2O6. The number of nitro benzene ring substituents is 1. The van der Waals surface area contributed by atoms with E-state index in [1.54, 1.807) is 0 Å². The number of hydrogen-bond acceptors (Lipinski definition) is 6. The molecule has 1 aromatic rings. The molecular weight excluding hydrogens is 256 g/mol. The first-order chi connectivity index (χ1) is 9.01. The standard InChI is InChI=1S/C11H12N2O6/c1-18-8-5-3-4-7(10(8)13(16)17)11(15)12-6-9(14)19-2/h3-5H,6H2,1-2H3,(H,12,15). The monoisotopic (exact) mass is 268 g/mol. The molecule has 0 atom stereocenters. The zero-order valence-corrected chi connectivity index (χ0v) is 10.3. The topological polar surface area (TPSA) is 108 Å². The van der Waals surface area contributed by atoms with Crippen molar-refractivity contribution in [2.75, 3.05) is 20.8 Å². The van der Waals surface area contributed by atoms with Crippen molar-refractivity contribution >= 4 is 17.6 Å². The fourth-order valence-electron chi connectivity index (χ4n) is 1.38. The fraction of sp³-hybridized carbons (Fsp3) is 0.273. The van der Waals surface area contributed by atoms with Crippen molar-refractivity contribution in [1.29, 1.82) is 0 Å². The van der Waals surface area contributed by atoms with Crippen molar-refractivity contribution in [3.63, 3.8) is 0 Å². The van der Waals surface area contributed by atoms with Gasteiger partial charge in [0.15, 0.2) is 5.75 Å². The van der Waals surface area contributed by atoms with Crippen molar-refractivity contribution in [3.05, 3.63) is 33.9 Å². The summed E-state index contributed by atoms with van der Waals surface area (Å²) in [5.74, 6) is -1.44. The van der Waals surface area contributed by atoms with Gasteiger partial charge in [0.25, 0.3) is 5.91 Å². The Morgan fingerprint density at radius 1 is 1.37 bits per heavy atom. The molecule has 8 nitrogen and oxygen atoms in total. The molecule has 0 aromatic heterocycles. The van der Waals surface area contributed by atoms with E-state index in [1.165, 1.54) is 32.4 Å². The number of rotatable bonds is 5. The third kappa shape index (κ3) is 3.41. The maximum Gasteiger partial charge on any atom is 0.325 e. The zero-order valence-electron chi connectivity index (χ0n) is 10.3. The predicted octanol–water partition coefficient (Wildman–Crippen LogP) is 0.506. The van der Waals surface area contributed by atoms with Crippen LogP contribution >= 0.6 is 0 Å². The van der Waals surface area contributed by atoms with Gasteiger partial charge in [-0.3, -0.25) is 19.7 Å². The Labute approximate surface area is 108 Å². The average molecular weight is 268 g/mol. The van der Waals surface area contributed by atoms with E-state index in [9.17, 15) is 19.7 Å². The summed E-state index contributed by atoms with van der Waals surface area (Å²) >= 11 is 0. The van der Waals surface area contributed by atoms with E-state index in [0.29, 0.717) is 0 Å². The molecule has 0 spiro atoms. The van der Waals surface area contributed by atoms with Gasteiger partial charge in [-0.05, 0) is 12.1 Å². The highest BCUT2D eigenvalue weighted by Crippen LogP contribution is 2.30. The number of amides is 1. The second-order valence-corrected chi connectivity index (χ2v) is 3.37. The maximum atomic E-state index is 11.8. The minimum absolute atomic E-state index is 0.0317. The number of nitrogens with zero attached hydrogens (tertiary/aromatic N) is 1. The summed E-state index contributed by atoms with van der Waals surface area (Å²) in [5, 5.41) is 13.2. The molecule has 0 aliphatic rings. The Hall–Kier alpha value is -2.64. The molecule has 19 heavy (non-hydrogen) atoms. The first-order valence-corrected chi connectivity index (χ1v) is 5.17. The number of hydrogen-bond donors (Lipinski definition) is 1. The van der Waals surface area contributed by atoms with E-state index >= 15 is 0 Å². The number of para-hydroxylation sites is 1. The Morgan fingerprint density at radius 2 is 2.05 bits per heavy atom. The largest absolute Gasteiger partial charge is 0.490 e. The van der Waals surface area contributed by atoms with Crippen LogP contribution in [-0.4, -0.2) is 37.6 Å². The van der Waals surface area contributed by atoms with E-state index < -0.39 is 22.5 Å². The normalized spacial score (nSPS) is 9.58. The van der Waals surface area contributed by atoms with Gasteiger partial charge in [-0.2, -0.15) is 0 Å². The highest BCUT2D eigenvalue weighted by atomic mass is 16.6. The van der Waals surface area contributed by atoms with Crippen molar-refractivity contribution in [2.24, 2.45) is 0 Å². The van der Waals surface area contributed by atoms with Gasteiger partial charge in [0.1, 0.15) is 12.1 Å². The van der Waals surface area contributed by atoms with Crippen LogP contribution in [0.3, 0.4) is 0 Å². The van der Waals surface area contributed by atoms with Crippen LogP contribution in [0.4, 0.5) is 5.69 Å². The van der Waals surface area contributed by atoms with Crippen LogP contribution in [0.5, 0.6) is 5.75 Å². The van der Waals surface area contributed by atoms with Crippen LogP contribution in [0.25, 0.3) is 0 Å². The summed E-state index contributed by atoms with van der Waals surface area (Å²) in [5.41, 5.74) is -0.638. The van der Waals surface area contributed by atoms with Crippen LogP contribution in [0.2, 0.25) is 0 Å². The Bertz CT molecular complexity index is 514. The summed E-state index contributed by atoms with van der Waals surface area (Å²) in [6.07, 6.45) is 0. The Morgan fingerprint density at radius 3 is 2.58 bits per heavy atom. The maximum absolute atomic E-state index is 11.8. The molecule has 0 heterocycles. The van der Waals surface area contributed by atoms with Gasteiger partial charge in [-0.25, -0.2) is 0 Å². The first-order valence-electron chi connectivity index (χ1n) is 5.17. The van der Waals surface area contributed by atoms with Gasteiger partial charge >= 0.3 is 11.7 Å². The lowest BCUT2D eigenvalue weighted by Gasteiger charge is -2.07. The molecule has 0 bridgehead atoms. The van der Waals surface area contributed by atoms with Gasteiger partial charge in [0.2, 0.25) is 0 Å². The summed E-state index contributed by atoms with van der Waals surface area (Å²) in [6.45, 7) is -0.371. The van der Waals surface area contributed by atoms with E-state index in [2.05, 4.69) is 10.1 Å². The van der Waals surface area contributed by atoms with Crippen LogP contribution < -0.4 is 10.1 Å². The summed E-state index contributed by atoms with van der Waals surface area (Å²) in [4.78, 5) is 32.9. The molecule has 1 rings (SSSR count). The quantitative estimate of drug-likeness (QED) is 0.473. The number of ether oxygens (including phenoxy) is 2. The third-order valence-corrected chi connectivity index (χ3v) is 2.27. The van der Waals surface area contributed by atoms with E-state index in [0.717, 1.165) is 0 Å². The number of carbonyl (C=O) groups excluding carboxylic acids is 2. The summed E-state index contributed by atoms with van der Waals surface area (Å²) in [6, 6.07) is 4.08. The number of carbonyl (C=O) groups is 2. The van der Waals surface area contributed by atoms with Crippen LogP contribution in [0, 0.1) is 10.1 Å². The highest BCUT2D eigenvalue weighted by Gasteiger charge is 2.25. The van der Waals surface area contributed by atoms with Gasteiger partial charge in [-0.1, -0.05) is 6.07 Å². The minimum Gasteiger partial charge on any atom is -0.490 e. The van der Waals surface area contributed by atoms with Gasteiger partial charge in [0.05, 0.1) is 19.1 Å². The van der Waals surface area contributed by atoms with Gasteiger partial charge in [0, 0.05) is 0 Å². The molecule has 0 unspecified atom stereocenters. The van der Waals surface area contributed by atoms with Crippen molar-refractivity contribution in [2.45, 2.75) is 0 Å². The molecule has 1 aromatic carbocycles. The van der Waals surface area contributed by atoms with Gasteiger partial charge in [-0.15, -0.1) is 0 Å². The number of nitrogens with one attached hydrogen (secondary N) is 1. The minimum atomic E-state index is -0.754. The van der Waals surface area contributed by atoms with E-state index in [1.807, 2.05) is 0 Å². The van der Waals surface area contributed by atoms with Crippen molar-refractivity contribution in [3.8, 4) is 5.75 Å². The number of esters is 1.